The Labute approximate surface area is 124 Å². The van der Waals surface area contributed by atoms with Crippen molar-refractivity contribution in [3.63, 3.8) is 0 Å². The van der Waals surface area contributed by atoms with Gasteiger partial charge in [-0.15, -0.1) is 0 Å². The Hall–Kier alpha value is -0.350. The number of aromatic nitrogens is 1. The highest BCUT2D eigenvalue weighted by atomic mass is 35.5. The number of hydrogen-bond donors (Lipinski definition) is 1. The van der Waals surface area contributed by atoms with Crippen LogP contribution in [-0.2, 0) is 0 Å². The van der Waals surface area contributed by atoms with Crippen molar-refractivity contribution in [3.05, 3.63) is 28.0 Å². The third-order valence-electron chi connectivity index (χ3n) is 4.30. The van der Waals surface area contributed by atoms with E-state index in [1.807, 2.05) is 6.07 Å². The van der Waals surface area contributed by atoms with Gasteiger partial charge in [0.05, 0.1) is 0 Å². The highest BCUT2D eigenvalue weighted by molar-refractivity contribution is 6.32. The molecule has 0 radical (unpaired) electrons. The Morgan fingerprint density at radius 3 is 2.53 bits per heavy atom. The fourth-order valence-corrected chi connectivity index (χ4v) is 3.56. The molecule has 1 aromatic heterocycles. The summed E-state index contributed by atoms with van der Waals surface area (Å²) in [6.45, 7) is 4.28. The zero-order chi connectivity index (χ0) is 13.2. The molecule has 1 saturated heterocycles. The van der Waals surface area contributed by atoms with Crippen molar-refractivity contribution in [1.29, 1.82) is 0 Å². The van der Waals surface area contributed by atoms with Crippen molar-refractivity contribution in [2.24, 2.45) is 5.92 Å². The molecule has 3 nitrogen and oxygen atoms in total. The van der Waals surface area contributed by atoms with Crippen LogP contribution < -0.4 is 5.32 Å². The molecule has 0 amide bonds. The van der Waals surface area contributed by atoms with E-state index in [1.165, 1.54) is 19.3 Å². The minimum atomic E-state index is 0.410. The Morgan fingerprint density at radius 1 is 1.21 bits per heavy atom. The first-order valence-electron chi connectivity index (χ1n) is 7.02. The fraction of sp³-hybridized carbons (Fsp3) is 0.643. The summed E-state index contributed by atoms with van der Waals surface area (Å²) in [5, 5.41) is 4.45. The second-order valence-corrected chi connectivity index (χ2v) is 6.18. The molecule has 2 heterocycles. The molecule has 0 aromatic carbocycles. The predicted molar refractivity (Wildman–Crippen MR) is 78.8 cm³/mol. The highest BCUT2D eigenvalue weighted by Gasteiger charge is 2.34. The number of nitrogens with zero attached hydrogens (tertiary/aromatic N) is 2. The number of hydrogen-bond acceptors (Lipinski definition) is 3. The normalized spacial score (nSPS) is 23.1. The van der Waals surface area contributed by atoms with E-state index >= 15 is 0 Å². The molecule has 19 heavy (non-hydrogen) atoms. The van der Waals surface area contributed by atoms with E-state index in [-0.39, 0.29) is 0 Å². The molecule has 2 aliphatic rings. The maximum Gasteiger partial charge on any atom is 0.135 e. The van der Waals surface area contributed by atoms with Crippen LogP contribution in [0.2, 0.25) is 10.3 Å². The molecular weight excluding hydrogens is 281 g/mol. The largest absolute Gasteiger partial charge is 0.314 e. The van der Waals surface area contributed by atoms with Gasteiger partial charge < -0.3 is 5.32 Å². The molecule has 1 atom stereocenters. The van der Waals surface area contributed by atoms with E-state index < -0.39 is 0 Å². The van der Waals surface area contributed by atoms with E-state index in [9.17, 15) is 0 Å². The first-order valence-corrected chi connectivity index (χ1v) is 7.78. The van der Waals surface area contributed by atoms with Gasteiger partial charge in [0.1, 0.15) is 10.3 Å². The van der Waals surface area contributed by atoms with Gasteiger partial charge in [-0.3, -0.25) is 4.90 Å². The predicted octanol–water partition coefficient (Wildman–Crippen LogP) is 3.13. The van der Waals surface area contributed by atoms with Gasteiger partial charge in [0.2, 0.25) is 0 Å². The Morgan fingerprint density at radius 2 is 1.95 bits per heavy atom. The van der Waals surface area contributed by atoms with Crippen LogP contribution in [0.1, 0.15) is 30.9 Å². The zero-order valence-electron chi connectivity index (χ0n) is 10.9. The van der Waals surface area contributed by atoms with Crippen molar-refractivity contribution < 1.29 is 0 Å². The van der Waals surface area contributed by atoms with Gasteiger partial charge in [-0.2, -0.15) is 0 Å². The summed E-state index contributed by atoms with van der Waals surface area (Å²) in [5.74, 6) is 0.721. The van der Waals surface area contributed by atoms with E-state index in [0.29, 0.717) is 16.3 Å². The molecule has 1 aliphatic heterocycles. The number of pyridine rings is 1. The van der Waals surface area contributed by atoms with Gasteiger partial charge in [-0.1, -0.05) is 35.7 Å². The van der Waals surface area contributed by atoms with Gasteiger partial charge in [0.25, 0.3) is 0 Å². The van der Waals surface area contributed by atoms with Gasteiger partial charge in [0.15, 0.2) is 0 Å². The SMILES string of the molecule is Clc1ccc([C@@H](C2CCC2)N2CCNCC2)c(Cl)n1. The van der Waals surface area contributed by atoms with Gasteiger partial charge >= 0.3 is 0 Å². The lowest BCUT2D eigenvalue weighted by atomic mass is 9.76. The van der Waals surface area contributed by atoms with E-state index in [4.69, 9.17) is 23.2 Å². The first-order chi connectivity index (χ1) is 9.25. The molecule has 1 aromatic rings. The second kappa shape index (κ2) is 5.96. The third-order valence-corrected chi connectivity index (χ3v) is 4.82. The van der Waals surface area contributed by atoms with Crippen LogP contribution >= 0.6 is 23.2 Å². The number of nitrogens with one attached hydrogen (secondary N) is 1. The van der Waals surface area contributed by atoms with Gasteiger partial charge in [-0.05, 0) is 24.8 Å². The third kappa shape index (κ3) is 2.89. The molecule has 1 aliphatic carbocycles. The molecule has 104 valence electrons. The molecule has 0 bridgehead atoms. The summed E-state index contributed by atoms with van der Waals surface area (Å²) >= 11 is 12.2. The summed E-state index contributed by atoms with van der Waals surface area (Å²) in [7, 11) is 0. The van der Waals surface area contributed by atoms with Crippen LogP contribution in [-0.4, -0.2) is 36.1 Å². The Bertz CT molecular complexity index is 442. The van der Waals surface area contributed by atoms with Crippen molar-refractivity contribution in [1.82, 2.24) is 15.2 Å². The average molecular weight is 300 g/mol. The minimum absolute atomic E-state index is 0.410. The standard InChI is InChI=1S/C14H19Cl2N3/c15-12-5-4-11(14(16)18-12)13(10-2-1-3-10)19-8-6-17-7-9-19/h4-5,10,13,17H,1-3,6-9H2/t13-/m1/s1. The number of piperazine rings is 1. The Balaban J connectivity index is 1.88. The van der Waals surface area contributed by atoms with Crippen molar-refractivity contribution in [3.8, 4) is 0 Å². The highest BCUT2D eigenvalue weighted by Crippen LogP contribution is 2.43. The molecular formula is C14H19Cl2N3. The molecule has 0 spiro atoms. The van der Waals surface area contributed by atoms with Crippen LogP contribution in [0.3, 0.4) is 0 Å². The van der Waals surface area contributed by atoms with Gasteiger partial charge in [0, 0.05) is 37.8 Å². The summed E-state index contributed by atoms with van der Waals surface area (Å²) in [5.41, 5.74) is 1.15. The molecule has 5 heteroatoms. The lowest BCUT2D eigenvalue weighted by Gasteiger charge is -2.43. The fourth-order valence-electron chi connectivity index (χ4n) is 3.11. The molecule has 3 rings (SSSR count). The van der Waals surface area contributed by atoms with E-state index in [0.717, 1.165) is 37.7 Å². The summed E-state index contributed by atoms with van der Waals surface area (Å²) in [4.78, 5) is 6.77. The van der Waals surface area contributed by atoms with Gasteiger partial charge in [-0.25, -0.2) is 4.98 Å². The lowest BCUT2D eigenvalue weighted by molar-refractivity contribution is 0.0835. The number of rotatable bonds is 3. The monoisotopic (exact) mass is 299 g/mol. The average Bonchev–Trinajstić information content (AvgIpc) is 2.35. The lowest BCUT2D eigenvalue weighted by Crippen LogP contribution is -2.48. The van der Waals surface area contributed by atoms with Crippen LogP contribution in [0.15, 0.2) is 12.1 Å². The maximum atomic E-state index is 6.33. The topological polar surface area (TPSA) is 28.2 Å². The van der Waals surface area contributed by atoms with Crippen LogP contribution in [0.5, 0.6) is 0 Å². The van der Waals surface area contributed by atoms with Crippen molar-refractivity contribution >= 4 is 23.2 Å². The molecule has 1 N–H and O–H groups in total. The summed E-state index contributed by atoms with van der Waals surface area (Å²) in [6, 6.07) is 4.33. The summed E-state index contributed by atoms with van der Waals surface area (Å²) in [6.07, 6.45) is 3.94. The molecule has 2 fully saturated rings. The van der Waals surface area contributed by atoms with Crippen molar-refractivity contribution in [2.75, 3.05) is 26.2 Å². The van der Waals surface area contributed by atoms with Crippen LogP contribution in [0, 0.1) is 5.92 Å². The number of halogens is 2. The second-order valence-electron chi connectivity index (χ2n) is 5.44. The quantitative estimate of drug-likeness (QED) is 0.869. The van der Waals surface area contributed by atoms with Crippen LogP contribution in [0.25, 0.3) is 0 Å². The Kier molecular flexibility index (Phi) is 4.27. The summed E-state index contributed by atoms with van der Waals surface area (Å²) < 4.78 is 0. The molecule has 1 saturated carbocycles. The van der Waals surface area contributed by atoms with Crippen molar-refractivity contribution in [2.45, 2.75) is 25.3 Å². The van der Waals surface area contributed by atoms with E-state index in [2.05, 4.69) is 21.3 Å². The van der Waals surface area contributed by atoms with E-state index in [1.54, 1.807) is 0 Å². The first kappa shape index (κ1) is 13.6. The minimum Gasteiger partial charge on any atom is -0.314 e. The van der Waals surface area contributed by atoms with Crippen LogP contribution in [0.4, 0.5) is 0 Å². The smallest absolute Gasteiger partial charge is 0.135 e. The zero-order valence-corrected chi connectivity index (χ0v) is 12.4. The molecule has 0 unspecified atom stereocenters. The maximum absolute atomic E-state index is 6.33.